The molecule has 0 N–H and O–H groups in total. The Bertz CT molecular complexity index is 618. The van der Waals surface area contributed by atoms with Gasteiger partial charge >= 0.3 is 11.9 Å². The van der Waals surface area contributed by atoms with E-state index in [-0.39, 0.29) is 23.9 Å². The van der Waals surface area contributed by atoms with Crippen molar-refractivity contribution in [1.82, 2.24) is 0 Å². The fourth-order valence-electron chi connectivity index (χ4n) is 4.75. The molecule has 0 amide bonds. The van der Waals surface area contributed by atoms with Crippen LogP contribution in [0.25, 0.3) is 0 Å². The van der Waals surface area contributed by atoms with Gasteiger partial charge in [-0.15, -0.1) is 0 Å². The van der Waals surface area contributed by atoms with Crippen molar-refractivity contribution in [3.8, 4) is 0 Å². The van der Waals surface area contributed by atoms with Gasteiger partial charge in [0.25, 0.3) is 0 Å². The van der Waals surface area contributed by atoms with Crippen molar-refractivity contribution in [2.75, 3.05) is 21.3 Å². The summed E-state index contributed by atoms with van der Waals surface area (Å²) in [5, 5.41) is 0. The van der Waals surface area contributed by atoms with E-state index in [2.05, 4.69) is 0 Å². The first-order valence-corrected chi connectivity index (χ1v) is 8.35. The molecule has 0 aromatic rings. The van der Waals surface area contributed by atoms with Gasteiger partial charge in [0.2, 0.25) is 0 Å². The maximum Gasteiger partial charge on any atom is 0.315 e. The molecular formula is C17H22O8. The van der Waals surface area contributed by atoms with Crippen LogP contribution in [0.3, 0.4) is 0 Å². The van der Waals surface area contributed by atoms with Gasteiger partial charge in [-0.1, -0.05) is 6.08 Å². The summed E-state index contributed by atoms with van der Waals surface area (Å²) in [6.07, 6.45) is 1.43. The first-order valence-electron chi connectivity index (χ1n) is 8.35. The highest BCUT2D eigenvalue weighted by Gasteiger charge is 2.74. The Morgan fingerprint density at radius 1 is 1.28 bits per heavy atom. The number of ether oxygens (including phenoxy) is 6. The molecule has 3 aliphatic heterocycles. The Balaban J connectivity index is 1.71. The van der Waals surface area contributed by atoms with Crippen molar-refractivity contribution < 1.29 is 38.0 Å². The average molecular weight is 354 g/mol. The van der Waals surface area contributed by atoms with E-state index in [1.165, 1.54) is 14.2 Å². The van der Waals surface area contributed by atoms with Crippen LogP contribution in [-0.4, -0.2) is 63.7 Å². The van der Waals surface area contributed by atoms with Crippen LogP contribution < -0.4 is 0 Å². The highest BCUT2D eigenvalue weighted by molar-refractivity contribution is 5.79. The molecule has 0 aromatic carbocycles. The molecule has 8 heteroatoms. The van der Waals surface area contributed by atoms with E-state index >= 15 is 0 Å². The molecule has 3 fully saturated rings. The van der Waals surface area contributed by atoms with Gasteiger partial charge in [-0.3, -0.25) is 9.59 Å². The Kier molecular flexibility index (Phi) is 3.91. The lowest BCUT2D eigenvalue weighted by Gasteiger charge is -2.41. The van der Waals surface area contributed by atoms with Gasteiger partial charge in [0.1, 0.15) is 17.9 Å². The number of allylic oxidation sites excluding steroid dienone is 1. The predicted molar refractivity (Wildman–Crippen MR) is 81.0 cm³/mol. The van der Waals surface area contributed by atoms with E-state index in [4.69, 9.17) is 28.4 Å². The van der Waals surface area contributed by atoms with Crippen LogP contribution in [0.1, 0.15) is 6.92 Å². The molecule has 3 saturated heterocycles. The number of esters is 2. The van der Waals surface area contributed by atoms with Crippen LogP contribution in [0.2, 0.25) is 0 Å². The van der Waals surface area contributed by atoms with Gasteiger partial charge in [-0.2, -0.15) is 0 Å². The minimum atomic E-state index is -0.936. The molecule has 0 saturated carbocycles. The SMILES string of the molecule is COC(=O)[C@H]1[C@@H](OC)O[C@@H]2O[C@@H]3[C@H]([C@H](C)OC)C(=O)O[C@]34C=C[C@@H]1[C@H]24. The number of carbonyl (C=O) groups excluding carboxylic acids is 2. The van der Waals surface area contributed by atoms with Crippen molar-refractivity contribution in [2.45, 2.75) is 37.3 Å². The maximum atomic E-state index is 12.5. The van der Waals surface area contributed by atoms with Gasteiger partial charge in [-0.05, 0) is 13.0 Å². The largest absolute Gasteiger partial charge is 0.469 e. The van der Waals surface area contributed by atoms with Crippen molar-refractivity contribution >= 4 is 11.9 Å². The molecule has 1 aliphatic carbocycles. The van der Waals surface area contributed by atoms with E-state index in [0.29, 0.717) is 0 Å². The molecule has 1 spiro atoms. The van der Waals surface area contributed by atoms with Gasteiger partial charge in [0.05, 0.1) is 19.1 Å². The molecule has 25 heavy (non-hydrogen) atoms. The molecule has 9 atom stereocenters. The summed E-state index contributed by atoms with van der Waals surface area (Å²) in [6, 6.07) is 0. The van der Waals surface area contributed by atoms with Gasteiger partial charge in [0, 0.05) is 20.1 Å². The zero-order valence-electron chi connectivity index (χ0n) is 14.5. The highest BCUT2D eigenvalue weighted by atomic mass is 16.8. The minimum Gasteiger partial charge on any atom is -0.469 e. The summed E-state index contributed by atoms with van der Waals surface area (Å²) in [6.45, 7) is 1.81. The van der Waals surface area contributed by atoms with Crippen LogP contribution in [0.4, 0.5) is 0 Å². The molecule has 8 nitrogen and oxygen atoms in total. The molecule has 4 rings (SSSR count). The van der Waals surface area contributed by atoms with Gasteiger partial charge in [0.15, 0.2) is 18.2 Å². The zero-order valence-corrected chi connectivity index (χ0v) is 14.5. The normalized spacial score (nSPS) is 48.0. The monoisotopic (exact) mass is 354 g/mol. The molecule has 4 aliphatic rings. The summed E-state index contributed by atoms with van der Waals surface area (Å²) >= 11 is 0. The average Bonchev–Trinajstić information content (AvgIpc) is 3.21. The Morgan fingerprint density at radius 2 is 2.04 bits per heavy atom. The maximum absolute atomic E-state index is 12.5. The second kappa shape index (κ2) is 5.77. The van der Waals surface area contributed by atoms with Crippen LogP contribution in [0, 0.1) is 23.7 Å². The smallest absolute Gasteiger partial charge is 0.315 e. The van der Waals surface area contributed by atoms with Gasteiger partial charge < -0.3 is 28.4 Å². The summed E-state index contributed by atoms with van der Waals surface area (Å²) in [5.41, 5.74) is -0.936. The van der Waals surface area contributed by atoms with E-state index in [1.54, 1.807) is 7.11 Å². The van der Waals surface area contributed by atoms with Crippen molar-refractivity contribution in [3.05, 3.63) is 12.2 Å². The minimum absolute atomic E-state index is 0.259. The molecule has 0 radical (unpaired) electrons. The number of carbonyl (C=O) groups is 2. The van der Waals surface area contributed by atoms with E-state index in [1.807, 2.05) is 19.1 Å². The third-order valence-corrected chi connectivity index (χ3v) is 5.97. The van der Waals surface area contributed by atoms with Crippen LogP contribution in [0.5, 0.6) is 0 Å². The molecule has 0 bridgehead atoms. The molecule has 3 heterocycles. The van der Waals surface area contributed by atoms with E-state index in [0.717, 1.165) is 0 Å². The third kappa shape index (κ3) is 2.08. The second-order valence-corrected chi connectivity index (χ2v) is 6.92. The fourth-order valence-corrected chi connectivity index (χ4v) is 4.75. The molecular weight excluding hydrogens is 332 g/mol. The summed E-state index contributed by atoms with van der Waals surface area (Å²) < 4.78 is 33.4. The molecule has 0 aromatic heterocycles. The lowest BCUT2D eigenvalue weighted by Crippen LogP contribution is -2.53. The number of hydrogen-bond donors (Lipinski definition) is 0. The van der Waals surface area contributed by atoms with Crippen molar-refractivity contribution in [3.63, 3.8) is 0 Å². The Labute approximate surface area is 145 Å². The first-order chi connectivity index (χ1) is 12.0. The van der Waals surface area contributed by atoms with Gasteiger partial charge in [-0.25, -0.2) is 0 Å². The Morgan fingerprint density at radius 3 is 2.68 bits per heavy atom. The Hall–Kier alpha value is -1.48. The molecule has 138 valence electrons. The quantitative estimate of drug-likeness (QED) is 0.524. The van der Waals surface area contributed by atoms with Crippen LogP contribution in [-0.2, 0) is 38.0 Å². The number of rotatable bonds is 4. The number of hydrogen-bond acceptors (Lipinski definition) is 8. The molecule has 0 unspecified atom stereocenters. The first kappa shape index (κ1) is 17.0. The lowest BCUT2D eigenvalue weighted by atomic mass is 9.74. The number of methoxy groups -OCH3 is 3. The van der Waals surface area contributed by atoms with Crippen molar-refractivity contribution in [2.24, 2.45) is 23.7 Å². The van der Waals surface area contributed by atoms with Crippen LogP contribution >= 0.6 is 0 Å². The predicted octanol–water partition coefficient (Wildman–Crippen LogP) is 0.252. The lowest BCUT2D eigenvalue weighted by molar-refractivity contribution is -0.295. The third-order valence-electron chi connectivity index (χ3n) is 5.97. The van der Waals surface area contributed by atoms with Crippen LogP contribution in [0.15, 0.2) is 12.2 Å². The summed E-state index contributed by atoms with van der Waals surface area (Å²) in [7, 11) is 4.35. The second-order valence-electron chi connectivity index (χ2n) is 6.92. The zero-order chi connectivity index (χ0) is 17.9. The van der Waals surface area contributed by atoms with E-state index < -0.39 is 42.1 Å². The standard InChI is InChI=1S/C17H22O8/c1-7(20-2)9-12-17(25-14(9)19)6-5-8-10(13(18)21-3)15(22-4)24-16(23-12)11(8)17/h5-12,15-16H,1-4H3/t7-,8-,9-,10-,11+,12+,15-,16-,17-/m0/s1. The summed E-state index contributed by atoms with van der Waals surface area (Å²) in [5.74, 6) is -2.55. The van der Waals surface area contributed by atoms with Crippen molar-refractivity contribution in [1.29, 1.82) is 0 Å². The topological polar surface area (TPSA) is 89.5 Å². The van der Waals surface area contributed by atoms with E-state index in [9.17, 15) is 9.59 Å². The summed E-state index contributed by atoms with van der Waals surface area (Å²) in [4.78, 5) is 24.8. The highest BCUT2D eigenvalue weighted by Crippen LogP contribution is 2.59. The fraction of sp³-hybridized carbons (Fsp3) is 0.765.